The van der Waals surface area contributed by atoms with Crippen molar-refractivity contribution in [1.29, 1.82) is 0 Å². The lowest BCUT2D eigenvalue weighted by atomic mass is 10.2. The maximum absolute atomic E-state index is 4.41. The van der Waals surface area contributed by atoms with Crippen LogP contribution in [0.5, 0.6) is 0 Å². The number of anilines is 1. The first-order valence-electron chi connectivity index (χ1n) is 6.41. The molecule has 0 radical (unpaired) electrons. The van der Waals surface area contributed by atoms with Crippen LogP contribution in [0.2, 0.25) is 0 Å². The number of fused-ring (bicyclic) bond motifs is 1. The third-order valence-electron chi connectivity index (χ3n) is 3.17. The van der Waals surface area contributed by atoms with Gasteiger partial charge >= 0.3 is 0 Å². The average Bonchev–Trinajstić information content (AvgIpc) is 2.93. The molecule has 4 heteroatoms. The van der Waals surface area contributed by atoms with E-state index in [-0.39, 0.29) is 0 Å². The highest BCUT2D eigenvalue weighted by Crippen LogP contribution is 2.26. The predicted molar refractivity (Wildman–Crippen MR) is 81.9 cm³/mol. The molecule has 98 valence electrons. The molecule has 0 fully saturated rings. The molecule has 0 spiro atoms. The highest BCUT2D eigenvalue weighted by molar-refractivity contribution is 7.12. The number of nitrogens with one attached hydrogen (secondary N) is 2. The second-order valence-corrected chi connectivity index (χ2v) is 6.19. The fraction of sp³-hybridized carbons (Fsp3) is 0.267. The van der Waals surface area contributed by atoms with Gasteiger partial charge in [-0.3, -0.25) is 0 Å². The fourth-order valence-electron chi connectivity index (χ4n) is 2.23. The molecule has 0 aliphatic heterocycles. The monoisotopic (exact) mass is 271 g/mol. The SMILES string of the molecule is Cc1nc2ccc(NC(C)c3ccc(C)s3)cc2[nH]1. The van der Waals surface area contributed by atoms with Crippen molar-refractivity contribution in [2.75, 3.05) is 5.32 Å². The van der Waals surface area contributed by atoms with Crippen LogP contribution in [0.15, 0.2) is 30.3 Å². The first kappa shape index (κ1) is 12.2. The number of imidazole rings is 1. The summed E-state index contributed by atoms with van der Waals surface area (Å²) in [7, 11) is 0. The summed E-state index contributed by atoms with van der Waals surface area (Å²) in [5.74, 6) is 0.953. The van der Waals surface area contributed by atoms with Crippen molar-refractivity contribution in [1.82, 2.24) is 9.97 Å². The van der Waals surface area contributed by atoms with Crippen LogP contribution in [-0.2, 0) is 0 Å². The number of nitrogens with zero attached hydrogens (tertiary/aromatic N) is 1. The minimum absolute atomic E-state index is 0.320. The van der Waals surface area contributed by atoms with E-state index in [2.05, 4.69) is 53.4 Å². The molecule has 0 aliphatic carbocycles. The van der Waals surface area contributed by atoms with E-state index in [4.69, 9.17) is 0 Å². The zero-order valence-corrected chi connectivity index (χ0v) is 12.1. The smallest absolute Gasteiger partial charge is 0.104 e. The largest absolute Gasteiger partial charge is 0.378 e. The summed E-state index contributed by atoms with van der Waals surface area (Å²) in [6.45, 7) is 6.30. The van der Waals surface area contributed by atoms with E-state index in [1.54, 1.807) is 0 Å². The Balaban J connectivity index is 1.84. The van der Waals surface area contributed by atoms with Crippen molar-refractivity contribution < 1.29 is 0 Å². The van der Waals surface area contributed by atoms with Crippen LogP contribution in [0.3, 0.4) is 0 Å². The first-order valence-corrected chi connectivity index (χ1v) is 7.23. The van der Waals surface area contributed by atoms with Gasteiger partial charge in [0.2, 0.25) is 0 Å². The van der Waals surface area contributed by atoms with Gasteiger partial charge in [-0.2, -0.15) is 0 Å². The third kappa shape index (κ3) is 2.49. The van der Waals surface area contributed by atoms with Crippen LogP contribution in [0.25, 0.3) is 11.0 Å². The molecule has 1 aromatic carbocycles. The Hall–Kier alpha value is -1.81. The number of aromatic amines is 1. The Bertz CT molecular complexity index is 711. The number of rotatable bonds is 3. The van der Waals surface area contributed by atoms with Gasteiger partial charge in [0.05, 0.1) is 17.1 Å². The van der Waals surface area contributed by atoms with Crippen molar-refractivity contribution in [3.8, 4) is 0 Å². The van der Waals surface area contributed by atoms with Crippen molar-refractivity contribution in [2.45, 2.75) is 26.8 Å². The number of hydrogen-bond donors (Lipinski definition) is 2. The normalized spacial score (nSPS) is 12.8. The molecule has 3 nitrogen and oxygen atoms in total. The summed E-state index contributed by atoms with van der Waals surface area (Å²) < 4.78 is 0. The van der Waals surface area contributed by atoms with Crippen LogP contribution in [-0.4, -0.2) is 9.97 Å². The van der Waals surface area contributed by atoms with Gasteiger partial charge in [0, 0.05) is 15.4 Å². The van der Waals surface area contributed by atoms with Gasteiger partial charge in [0.1, 0.15) is 5.82 Å². The van der Waals surface area contributed by atoms with E-state index in [0.717, 1.165) is 22.5 Å². The minimum atomic E-state index is 0.320. The molecule has 2 N–H and O–H groups in total. The van der Waals surface area contributed by atoms with Crippen LogP contribution in [0.1, 0.15) is 28.5 Å². The van der Waals surface area contributed by atoms with E-state index in [9.17, 15) is 0 Å². The van der Waals surface area contributed by atoms with Gasteiger partial charge < -0.3 is 10.3 Å². The van der Waals surface area contributed by atoms with Gasteiger partial charge in [0.15, 0.2) is 0 Å². The number of aryl methyl sites for hydroxylation is 2. The zero-order valence-electron chi connectivity index (χ0n) is 11.3. The molecule has 0 aliphatic rings. The lowest BCUT2D eigenvalue weighted by Gasteiger charge is -2.13. The lowest BCUT2D eigenvalue weighted by molar-refractivity contribution is 0.908. The van der Waals surface area contributed by atoms with Crippen LogP contribution < -0.4 is 5.32 Å². The third-order valence-corrected chi connectivity index (χ3v) is 4.35. The van der Waals surface area contributed by atoms with Gasteiger partial charge in [-0.05, 0) is 51.1 Å². The predicted octanol–water partition coefficient (Wildman–Crippen LogP) is 4.41. The van der Waals surface area contributed by atoms with Crippen molar-refractivity contribution in [3.63, 3.8) is 0 Å². The summed E-state index contributed by atoms with van der Waals surface area (Å²) in [4.78, 5) is 10.4. The Morgan fingerprint density at radius 1 is 1.21 bits per heavy atom. The average molecular weight is 271 g/mol. The summed E-state index contributed by atoms with van der Waals surface area (Å²) in [6.07, 6.45) is 0. The summed E-state index contributed by atoms with van der Waals surface area (Å²) in [5, 5.41) is 3.54. The Kier molecular flexibility index (Phi) is 3.03. The molecular weight excluding hydrogens is 254 g/mol. The molecule has 3 rings (SSSR count). The van der Waals surface area contributed by atoms with E-state index in [1.165, 1.54) is 9.75 Å². The van der Waals surface area contributed by atoms with Gasteiger partial charge in [-0.1, -0.05) is 0 Å². The summed E-state index contributed by atoms with van der Waals surface area (Å²) in [6, 6.07) is 10.9. The van der Waals surface area contributed by atoms with E-state index in [1.807, 2.05) is 24.3 Å². The molecule has 2 aromatic heterocycles. The molecule has 0 bridgehead atoms. The molecule has 3 aromatic rings. The number of hydrogen-bond acceptors (Lipinski definition) is 3. The quantitative estimate of drug-likeness (QED) is 0.740. The van der Waals surface area contributed by atoms with E-state index < -0.39 is 0 Å². The molecule has 1 atom stereocenters. The van der Waals surface area contributed by atoms with E-state index >= 15 is 0 Å². The molecule has 2 heterocycles. The Morgan fingerprint density at radius 3 is 2.79 bits per heavy atom. The Morgan fingerprint density at radius 2 is 2.05 bits per heavy atom. The molecule has 19 heavy (non-hydrogen) atoms. The topological polar surface area (TPSA) is 40.7 Å². The maximum atomic E-state index is 4.41. The van der Waals surface area contributed by atoms with Crippen LogP contribution in [0, 0.1) is 13.8 Å². The van der Waals surface area contributed by atoms with Crippen LogP contribution in [0.4, 0.5) is 5.69 Å². The lowest BCUT2D eigenvalue weighted by Crippen LogP contribution is -2.04. The number of aromatic nitrogens is 2. The Labute approximate surface area is 116 Å². The number of benzene rings is 1. The highest BCUT2D eigenvalue weighted by atomic mass is 32.1. The molecule has 0 saturated carbocycles. The van der Waals surface area contributed by atoms with Crippen molar-refractivity contribution in [3.05, 3.63) is 45.9 Å². The number of H-pyrrole nitrogens is 1. The van der Waals surface area contributed by atoms with Crippen molar-refractivity contribution >= 4 is 28.1 Å². The van der Waals surface area contributed by atoms with Crippen molar-refractivity contribution in [2.24, 2.45) is 0 Å². The summed E-state index contributed by atoms with van der Waals surface area (Å²) in [5.41, 5.74) is 3.22. The van der Waals surface area contributed by atoms with Gasteiger partial charge in [0.25, 0.3) is 0 Å². The molecule has 1 unspecified atom stereocenters. The second-order valence-electron chi connectivity index (χ2n) is 4.87. The first-order chi connectivity index (χ1) is 9.11. The standard InChI is InChI=1S/C15H17N3S/c1-9-4-7-15(19-9)10(2)16-12-5-6-13-14(8-12)18-11(3)17-13/h4-8,10,16H,1-3H3,(H,17,18). The molecule has 0 saturated heterocycles. The second kappa shape index (κ2) is 4.70. The maximum Gasteiger partial charge on any atom is 0.104 e. The summed E-state index contributed by atoms with van der Waals surface area (Å²) >= 11 is 1.84. The highest BCUT2D eigenvalue weighted by Gasteiger charge is 2.08. The number of thiophene rings is 1. The van der Waals surface area contributed by atoms with Gasteiger partial charge in [-0.25, -0.2) is 4.98 Å². The fourth-order valence-corrected chi connectivity index (χ4v) is 3.11. The zero-order chi connectivity index (χ0) is 13.4. The molecular formula is C15H17N3S. The van der Waals surface area contributed by atoms with Crippen LogP contribution >= 0.6 is 11.3 Å². The molecule has 0 amide bonds. The van der Waals surface area contributed by atoms with E-state index in [0.29, 0.717) is 6.04 Å². The minimum Gasteiger partial charge on any atom is -0.378 e. The van der Waals surface area contributed by atoms with Gasteiger partial charge in [-0.15, -0.1) is 11.3 Å².